The molecule has 2 aromatic rings. The largest absolute Gasteiger partial charge is 0.496 e. The van der Waals surface area contributed by atoms with E-state index in [2.05, 4.69) is 0 Å². The van der Waals surface area contributed by atoms with Crippen LogP contribution in [0.25, 0.3) is 0 Å². The van der Waals surface area contributed by atoms with Crippen molar-refractivity contribution in [2.24, 2.45) is 0 Å². The van der Waals surface area contributed by atoms with E-state index >= 15 is 0 Å². The average Bonchev–Trinajstić information content (AvgIpc) is 2.52. The molecular formula is C16H12F5IO2. The first kappa shape index (κ1) is 18.9. The summed E-state index contributed by atoms with van der Waals surface area (Å²) in [7, 11) is 1.12. The quantitative estimate of drug-likeness (QED) is 0.531. The predicted octanol–water partition coefficient (Wildman–Crippen LogP) is 4.73. The van der Waals surface area contributed by atoms with Crippen LogP contribution < -0.4 is 4.74 Å². The molecule has 0 aliphatic rings. The number of hydrogen-bond donors (Lipinski definition) is 1. The van der Waals surface area contributed by atoms with Gasteiger partial charge in [-0.3, -0.25) is 0 Å². The highest BCUT2D eigenvalue weighted by atomic mass is 127. The van der Waals surface area contributed by atoms with Crippen LogP contribution in [0.5, 0.6) is 5.75 Å². The van der Waals surface area contributed by atoms with Gasteiger partial charge in [-0.2, -0.15) is 22.0 Å². The summed E-state index contributed by atoms with van der Waals surface area (Å²) in [4.78, 5) is 0. The lowest BCUT2D eigenvalue weighted by Crippen LogP contribution is -2.55. The van der Waals surface area contributed by atoms with Crippen molar-refractivity contribution in [2.45, 2.75) is 17.7 Å². The second-order valence-corrected chi connectivity index (χ2v) is 6.24. The molecule has 0 saturated carbocycles. The van der Waals surface area contributed by atoms with E-state index in [1.165, 1.54) is 30.3 Å². The first-order chi connectivity index (χ1) is 11.1. The van der Waals surface area contributed by atoms with Gasteiger partial charge >= 0.3 is 12.1 Å². The number of hydrogen-bond acceptors (Lipinski definition) is 2. The molecule has 0 aliphatic heterocycles. The minimum Gasteiger partial charge on any atom is -0.496 e. The molecule has 130 valence electrons. The van der Waals surface area contributed by atoms with Crippen molar-refractivity contribution in [3.05, 3.63) is 63.2 Å². The second-order valence-electron chi connectivity index (χ2n) is 4.99. The van der Waals surface area contributed by atoms with E-state index in [0.29, 0.717) is 3.57 Å². The molecule has 24 heavy (non-hydrogen) atoms. The van der Waals surface area contributed by atoms with Crippen molar-refractivity contribution in [1.82, 2.24) is 0 Å². The summed E-state index contributed by atoms with van der Waals surface area (Å²) < 4.78 is 73.3. The van der Waals surface area contributed by atoms with E-state index in [4.69, 9.17) is 4.74 Å². The molecule has 2 nitrogen and oxygen atoms in total. The summed E-state index contributed by atoms with van der Waals surface area (Å²) in [6, 6.07) is 9.76. The van der Waals surface area contributed by atoms with Gasteiger partial charge in [-0.15, -0.1) is 0 Å². The summed E-state index contributed by atoms with van der Waals surface area (Å²) in [5.74, 6) is -5.72. The van der Waals surface area contributed by atoms with Crippen LogP contribution in [0, 0.1) is 3.57 Å². The molecule has 2 rings (SSSR count). The monoisotopic (exact) mass is 458 g/mol. The third-order valence-corrected chi connectivity index (χ3v) is 4.22. The number of rotatable bonds is 4. The molecule has 1 N–H and O–H groups in total. The lowest BCUT2D eigenvalue weighted by molar-refractivity contribution is -0.336. The fourth-order valence-corrected chi connectivity index (χ4v) is 2.91. The van der Waals surface area contributed by atoms with Gasteiger partial charge in [0, 0.05) is 9.13 Å². The standard InChI is InChI=1S/C16H12F5IO2/c1-24-13-8-3-2-7-12(13)14(23,15(17,18)16(19,20)21)10-5-4-6-11(22)9-10/h2-9,23H,1H3. The van der Waals surface area contributed by atoms with Gasteiger partial charge in [-0.05, 0) is 46.4 Å². The summed E-state index contributed by atoms with van der Waals surface area (Å²) in [5, 5.41) is 10.7. The second kappa shape index (κ2) is 6.47. The summed E-state index contributed by atoms with van der Waals surface area (Å²) in [5.41, 5.74) is -4.89. The third kappa shape index (κ3) is 2.97. The van der Waals surface area contributed by atoms with Crippen LogP contribution in [-0.2, 0) is 5.60 Å². The summed E-state index contributed by atoms with van der Waals surface area (Å²) in [6.07, 6.45) is -5.97. The molecular weight excluding hydrogens is 446 g/mol. The molecule has 0 aliphatic carbocycles. The highest BCUT2D eigenvalue weighted by Crippen LogP contribution is 2.53. The molecule has 0 spiro atoms. The van der Waals surface area contributed by atoms with Gasteiger partial charge in [0.1, 0.15) is 5.75 Å². The number of halogens is 6. The molecule has 0 radical (unpaired) electrons. The SMILES string of the molecule is COc1ccccc1C(O)(c1cccc(I)c1)C(F)(F)C(F)(F)F. The van der Waals surface area contributed by atoms with Crippen LogP contribution in [-0.4, -0.2) is 24.3 Å². The first-order valence-corrected chi connectivity index (χ1v) is 7.70. The van der Waals surface area contributed by atoms with Gasteiger partial charge < -0.3 is 9.84 Å². The molecule has 0 aromatic heterocycles. The molecule has 1 unspecified atom stereocenters. The van der Waals surface area contributed by atoms with E-state index in [0.717, 1.165) is 25.3 Å². The van der Waals surface area contributed by atoms with E-state index in [9.17, 15) is 27.1 Å². The Balaban J connectivity index is 2.85. The number of alkyl halides is 5. The van der Waals surface area contributed by atoms with E-state index in [1.807, 2.05) is 0 Å². The molecule has 0 bridgehead atoms. The molecule has 8 heteroatoms. The van der Waals surface area contributed by atoms with Gasteiger partial charge in [-0.25, -0.2) is 0 Å². The molecule has 2 aromatic carbocycles. The van der Waals surface area contributed by atoms with Crippen molar-refractivity contribution in [3.63, 3.8) is 0 Å². The van der Waals surface area contributed by atoms with Crippen molar-refractivity contribution >= 4 is 22.6 Å². The van der Waals surface area contributed by atoms with Gasteiger partial charge in [0.15, 0.2) is 5.60 Å². The van der Waals surface area contributed by atoms with Crippen LogP contribution >= 0.6 is 22.6 Å². The first-order valence-electron chi connectivity index (χ1n) is 6.62. The highest BCUT2D eigenvalue weighted by molar-refractivity contribution is 14.1. The lowest BCUT2D eigenvalue weighted by atomic mass is 9.80. The number of aliphatic hydroxyl groups is 1. The normalized spacial score (nSPS) is 15.0. The van der Waals surface area contributed by atoms with Crippen molar-refractivity contribution in [3.8, 4) is 5.75 Å². The van der Waals surface area contributed by atoms with Gasteiger partial charge in [0.05, 0.1) is 7.11 Å². The molecule has 0 saturated heterocycles. The topological polar surface area (TPSA) is 29.5 Å². The summed E-state index contributed by atoms with van der Waals surface area (Å²) in [6.45, 7) is 0. The number of methoxy groups -OCH3 is 1. The van der Waals surface area contributed by atoms with Gasteiger partial charge in [0.25, 0.3) is 0 Å². The zero-order valence-corrected chi connectivity index (χ0v) is 14.4. The maximum atomic E-state index is 14.4. The predicted molar refractivity (Wildman–Crippen MR) is 86.2 cm³/mol. The van der Waals surface area contributed by atoms with Crippen LogP contribution in [0.4, 0.5) is 22.0 Å². The molecule has 0 amide bonds. The van der Waals surface area contributed by atoms with Crippen LogP contribution in [0.3, 0.4) is 0 Å². The maximum Gasteiger partial charge on any atom is 0.457 e. The fraction of sp³-hybridized carbons (Fsp3) is 0.250. The fourth-order valence-electron chi connectivity index (χ4n) is 2.37. The van der Waals surface area contributed by atoms with Crippen molar-refractivity contribution in [1.29, 1.82) is 0 Å². The van der Waals surface area contributed by atoms with E-state index in [1.54, 1.807) is 22.6 Å². The third-order valence-electron chi connectivity index (χ3n) is 3.55. The Morgan fingerprint density at radius 1 is 0.958 bits per heavy atom. The zero-order chi connectivity index (χ0) is 18.2. The Morgan fingerprint density at radius 2 is 1.58 bits per heavy atom. The van der Waals surface area contributed by atoms with Crippen LogP contribution in [0.15, 0.2) is 48.5 Å². The highest BCUT2D eigenvalue weighted by Gasteiger charge is 2.71. The Morgan fingerprint density at radius 3 is 2.12 bits per heavy atom. The van der Waals surface area contributed by atoms with Crippen molar-refractivity contribution in [2.75, 3.05) is 7.11 Å². The Bertz CT molecular complexity index is 732. The minimum absolute atomic E-state index is 0.275. The molecule has 0 fully saturated rings. The smallest absolute Gasteiger partial charge is 0.457 e. The van der Waals surface area contributed by atoms with Crippen molar-refractivity contribution < 1.29 is 31.8 Å². The Hall–Kier alpha value is -1.42. The van der Waals surface area contributed by atoms with Crippen LogP contribution in [0.2, 0.25) is 0 Å². The molecule has 1 atom stereocenters. The number of benzene rings is 2. The van der Waals surface area contributed by atoms with E-state index in [-0.39, 0.29) is 5.75 Å². The number of ether oxygens (including phenoxy) is 1. The van der Waals surface area contributed by atoms with Gasteiger partial charge in [0.2, 0.25) is 0 Å². The van der Waals surface area contributed by atoms with Crippen LogP contribution in [0.1, 0.15) is 11.1 Å². The van der Waals surface area contributed by atoms with E-state index < -0.39 is 28.8 Å². The zero-order valence-electron chi connectivity index (χ0n) is 12.2. The summed E-state index contributed by atoms with van der Waals surface area (Å²) >= 11 is 1.76. The van der Waals surface area contributed by atoms with Gasteiger partial charge in [-0.1, -0.05) is 30.3 Å². The Labute approximate surface area is 148 Å². The lowest BCUT2D eigenvalue weighted by Gasteiger charge is -2.38. The number of para-hydroxylation sites is 1. The Kier molecular flexibility index (Phi) is 5.10. The minimum atomic E-state index is -5.97. The molecule has 0 heterocycles. The maximum absolute atomic E-state index is 14.4. The average molecular weight is 458 g/mol.